The first kappa shape index (κ1) is 17.1. The van der Waals surface area contributed by atoms with Gasteiger partial charge in [0.05, 0.1) is 11.8 Å². The number of thiazole rings is 1. The van der Waals surface area contributed by atoms with Crippen LogP contribution in [-0.2, 0) is 10.0 Å². The van der Waals surface area contributed by atoms with Gasteiger partial charge in [0.15, 0.2) is 0 Å². The number of sulfonamides is 1. The normalized spacial score (nSPS) is 14.7. The van der Waals surface area contributed by atoms with E-state index in [0.29, 0.717) is 6.42 Å². The minimum atomic E-state index is -3.36. The van der Waals surface area contributed by atoms with E-state index < -0.39 is 10.0 Å². The van der Waals surface area contributed by atoms with Crippen LogP contribution in [0, 0.1) is 6.92 Å². The van der Waals surface area contributed by atoms with Gasteiger partial charge in [0.1, 0.15) is 5.01 Å². The van der Waals surface area contributed by atoms with Crippen molar-refractivity contribution in [3.8, 4) is 0 Å². The van der Waals surface area contributed by atoms with Crippen molar-refractivity contribution >= 4 is 21.4 Å². The lowest BCUT2D eigenvalue weighted by atomic mass is 10.0. The van der Waals surface area contributed by atoms with E-state index in [9.17, 15) is 8.42 Å². The number of aromatic nitrogens is 1. The number of hydrogen-bond acceptors (Lipinski definition) is 4. The number of rotatable bonds is 7. The molecule has 0 aliphatic heterocycles. The standard InChI is InChI=1S/C16H22N2O2S2/c1-4-15(16-17-13(3)10-21-16)18-22(19,20)11-12(2)14-8-6-5-7-9-14/h5-10,12,15,18H,4,11H2,1-3H3/t12-,15-/m1/s1. The van der Waals surface area contributed by atoms with Crippen molar-refractivity contribution in [1.29, 1.82) is 0 Å². The van der Waals surface area contributed by atoms with Gasteiger partial charge >= 0.3 is 0 Å². The Bertz CT molecular complexity index is 696. The first-order valence-corrected chi connectivity index (χ1v) is 9.91. The SMILES string of the molecule is CC[C@@H](NS(=O)(=O)C[C@@H](C)c1ccccc1)c1nc(C)cs1. The highest BCUT2D eigenvalue weighted by Crippen LogP contribution is 2.23. The second-order valence-corrected chi connectivity index (χ2v) is 8.19. The number of nitrogens with zero attached hydrogens (tertiary/aromatic N) is 1. The summed E-state index contributed by atoms with van der Waals surface area (Å²) in [7, 11) is -3.36. The lowest BCUT2D eigenvalue weighted by Gasteiger charge is -2.17. The van der Waals surface area contributed by atoms with Gasteiger partial charge in [-0.15, -0.1) is 11.3 Å². The topological polar surface area (TPSA) is 59.1 Å². The molecule has 6 heteroatoms. The summed E-state index contributed by atoms with van der Waals surface area (Å²) in [4.78, 5) is 4.39. The second kappa shape index (κ2) is 7.35. The van der Waals surface area contributed by atoms with Gasteiger partial charge in [-0.3, -0.25) is 0 Å². The van der Waals surface area contributed by atoms with Crippen molar-refractivity contribution in [2.24, 2.45) is 0 Å². The molecule has 0 fully saturated rings. The molecule has 4 nitrogen and oxygen atoms in total. The van der Waals surface area contributed by atoms with Crippen LogP contribution in [0.15, 0.2) is 35.7 Å². The maximum absolute atomic E-state index is 12.4. The summed E-state index contributed by atoms with van der Waals surface area (Å²) in [6, 6.07) is 9.47. The van der Waals surface area contributed by atoms with E-state index in [1.165, 1.54) is 11.3 Å². The Morgan fingerprint density at radius 3 is 2.50 bits per heavy atom. The first-order chi connectivity index (χ1) is 10.4. The molecule has 120 valence electrons. The third-order valence-electron chi connectivity index (χ3n) is 3.50. The molecule has 0 amide bonds. The molecule has 0 bridgehead atoms. The van der Waals surface area contributed by atoms with Crippen LogP contribution >= 0.6 is 11.3 Å². The summed E-state index contributed by atoms with van der Waals surface area (Å²) >= 11 is 1.50. The molecule has 0 saturated heterocycles. The van der Waals surface area contributed by atoms with E-state index in [2.05, 4.69) is 9.71 Å². The molecule has 2 aromatic rings. The van der Waals surface area contributed by atoms with Gasteiger partial charge < -0.3 is 0 Å². The monoisotopic (exact) mass is 338 g/mol. The van der Waals surface area contributed by atoms with Crippen molar-refractivity contribution in [1.82, 2.24) is 9.71 Å². The third kappa shape index (κ3) is 4.63. The number of nitrogens with one attached hydrogen (secondary N) is 1. The summed E-state index contributed by atoms with van der Waals surface area (Å²) in [5.74, 6) is 0.0342. The van der Waals surface area contributed by atoms with E-state index in [0.717, 1.165) is 16.3 Å². The molecule has 22 heavy (non-hydrogen) atoms. The second-order valence-electron chi connectivity index (χ2n) is 5.50. The molecule has 1 heterocycles. The molecule has 0 aliphatic rings. The fourth-order valence-electron chi connectivity index (χ4n) is 2.31. The zero-order chi connectivity index (χ0) is 16.2. The smallest absolute Gasteiger partial charge is 0.212 e. The minimum absolute atomic E-state index is 0.0470. The quantitative estimate of drug-likeness (QED) is 0.839. The minimum Gasteiger partial charge on any atom is -0.245 e. The van der Waals surface area contributed by atoms with Crippen molar-refractivity contribution in [2.75, 3.05) is 5.75 Å². The highest BCUT2D eigenvalue weighted by molar-refractivity contribution is 7.89. The van der Waals surface area contributed by atoms with Crippen LogP contribution in [0.3, 0.4) is 0 Å². The summed E-state index contributed by atoms with van der Waals surface area (Å²) < 4.78 is 27.7. The molecular weight excluding hydrogens is 316 g/mol. The zero-order valence-electron chi connectivity index (χ0n) is 13.1. The molecule has 0 saturated carbocycles. The molecule has 2 atom stereocenters. The van der Waals surface area contributed by atoms with Crippen molar-refractivity contribution in [3.63, 3.8) is 0 Å². The zero-order valence-corrected chi connectivity index (χ0v) is 14.7. The molecule has 1 aromatic carbocycles. The van der Waals surface area contributed by atoms with E-state index >= 15 is 0 Å². The molecule has 0 unspecified atom stereocenters. The van der Waals surface area contributed by atoms with E-state index in [1.807, 2.05) is 56.5 Å². The van der Waals surface area contributed by atoms with Crippen LogP contribution in [0.1, 0.15) is 48.5 Å². The van der Waals surface area contributed by atoms with E-state index in [1.54, 1.807) is 0 Å². The molecule has 0 radical (unpaired) electrons. The van der Waals surface area contributed by atoms with E-state index in [4.69, 9.17) is 0 Å². The van der Waals surface area contributed by atoms with Gasteiger partial charge in [-0.1, -0.05) is 44.2 Å². The lowest BCUT2D eigenvalue weighted by Crippen LogP contribution is -2.32. The fourth-order valence-corrected chi connectivity index (χ4v) is 4.98. The molecule has 0 aliphatic carbocycles. The Labute approximate surface area is 136 Å². The lowest BCUT2D eigenvalue weighted by molar-refractivity contribution is 0.544. The molecule has 1 aromatic heterocycles. The highest BCUT2D eigenvalue weighted by Gasteiger charge is 2.23. The maximum atomic E-state index is 12.4. The predicted octanol–water partition coefficient (Wildman–Crippen LogP) is 3.63. The highest BCUT2D eigenvalue weighted by atomic mass is 32.2. The van der Waals surface area contributed by atoms with Crippen molar-refractivity contribution in [2.45, 2.75) is 39.2 Å². The average Bonchev–Trinajstić information content (AvgIpc) is 2.91. The van der Waals surface area contributed by atoms with Crippen LogP contribution in [0.25, 0.3) is 0 Å². The number of benzene rings is 1. The molecule has 2 rings (SSSR count). The fraction of sp³-hybridized carbons (Fsp3) is 0.438. The van der Waals surface area contributed by atoms with Gasteiger partial charge in [0.2, 0.25) is 10.0 Å². The maximum Gasteiger partial charge on any atom is 0.212 e. The predicted molar refractivity (Wildman–Crippen MR) is 91.7 cm³/mol. The van der Waals surface area contributed by atoms with Crippen LogP contribution in [0.4, 0.5) is 0 Å². The van der Waals surface area contributed by atoms with Gasteiger partial charge in [-0.2, -0.15) is 0 Å². The summed E-state index contributed by atoms with van der Waals surface area (Å²) in [5.41, 5.74) is 1.96. The van der Waals surface area contributed by atoms with Crippen molar-refractivity contribution in [3.05, 3.63) is 52.0 Å². The summed E-state index contributed by atoms with van der Waals surface area (Å²) in [5, 5.41) is 2.77. The number of aryl methyl sites for hydroxylation is 1. The largest absolute Gasteiger partial charge is 0.245 e. The Morgan fingerprint density at radius 1 is 1.27 bits per heavy atom. The molecule has 0 spiro atoms. The first-order valence-electron chi connectivity index (χ1n) is 7.38. The Morgan fingerprint density at radius 2 is 1.95 bits per heavy atom. The van der Waals surface area contributed by atoms with Gasteiger partial charge in [0.25, 0.3) is 0 Å². The van der Waals surface area contributed by atoms with E-state index in [-0.39, 0.29) is 17.7 Å². The third-order valence-corrected chi connectivity index (χ3v) is 6.16. The summed E-state index contributed by atoms with van der Waals surface area (Å²) in [6.07, 6.45) is 0.686. The van der Waals surface area contributed by atoms with Gasteiger partial charge in [-0.25, -0.2) is 18.1 Å². The molecule has 1 N–H and O–H groups in total. The average molecular weight is 338 g/mol. The van der Waals surface area contributed by atoms with Crippen LogP contribution in [0.2, 0.25) is 0 Å². The number of hydrogen-bond donors (Lipinski definition) is 1. The Kier molecular flexibility index (Phi) is 5.72. The van der Waals surface area contributed by atoms with Gasteiger partial charge in [-0.05, 0) is 24.8 Å². The van der Waals surface area contributed by atoms with Crippen LogP contribution in [0.5, 0.6) is 0 Å². The van der Waals surface area contributed by atoms with Crippen LogP contribution < -0.4 is 4.72 Å². The van der Waals surface area contributed by atoms with Crippen LogP contribution in [-0.4, -0.2) is 19.2 Å². The summed E-state index contributed by atoms with van der Waals surface area (Å²) in [6.45, 7) is 5.81. The Hall–Kier alpha value is -1.24. The van der Waals surface area contributed by atoms with Crippen molar-refractivity contribution < 1.29 is 8.42 Å². The Balaban J connectivity index is 2.06. The van der Waals surface area contributed by atoms with Gasteiger partial charge in [0, 0.05) is 11.1 Å². The molecular formula is C16H22N2O2S2.